The highest BCUT2D eigenvalue weighted by Gasteiger charge is 2.23. The molecule has 2 heterocycles. The molecule has 0 aromatic carbocycles. The number of thiazole rings is 1. The molecule has 0 aliphatic carbocycles. The molecule has 1 aliphatic rings. The molecule has 0 spiro atoms. The molecule has 3 nitrogen and oxygen atoms in total. The van der Waals surface area contributed by atoms with Crippen molar-refractivity contribution in [3.63, 3.8) is 0 Å². The van der Waals surface area contributed by atoms with Gasteiger partial charge in [0, 0.05) is 23.7 Å². The molecule has 1 saturated heterocycles. The maximum Gasteiger partial charge on any atom is 0.0897 e. The Bertz CT molecular complexity index is 369. The SMILES string of the molecule is CCCN1CCC(C(C)NCc2cnc(C)s2)CC1. The van der Waals surface area contributed by atoms with Crippen LogP contribution in [0.4, 0.5) is 0 Å². The van der Waals surface area contributed by atoms with Crippen LogP contribution >= 0.6 is 11.3 Å². The lowest BCUT2D eigenvalue weighted by Crippen LogP contribution is -2.41. The van der Waals surface area contributed by atoms with Crippen molar-refractivity contribution in [2.45, 2.75) is 52.6 Å². The summed E-state index contributed by atoms with van der Waals surface area (Å²) in [7, 11) is 0. The standard InChI is InChI=1S/C15H27N3S/c1-4-7-18-8-5-14(6-9-18)12(2)16-10-15-11-17-13(3)19-15/h11-12,14,16H,4-10H2,1-3H3. The predicted octanol–water partition coefficient (Wildman–Crippen LogP) is 3.05. The lowest BCUT2D eigenvalue weighted by molar-refractivity contribution is 0.162. The van der Waals surface area contributed by atoms with E-state index in [0.717, 1.165) is 17.5 Å². The number of piperidine rings is 1. The third kappa shape index (κ3) is 4.55. The van der Waals surface area contributed by atoms with Gasteiger partial charge in [0.05, 0.1) is 5.01 Å². The predicted molar refractivity (Wildman–Crippen MR) is 82.6 cm³/mol. The fourth-order valence-corrected chi connectivity index (χ4v) is 3.65. The molecule has 19 heavy (non-hydrogen) atoms. The molecule has 1 N–H and O–H groups in total. The van der Waals surface area contributed by atoms with Crippen LogP contribution in [0.3, 0.4) is 0 Å². The van der Waals surface area contributed by atoms with E-state index in [9.17, 15) is 0 Å². The first kappa shape index (κ1) is 14.9. The lowest BCUT2D eigenvalue weighted by Gasteiger charge is -2.35. The molecule has 1 aliphatic heterocycles. The Morgan fingerprint density at radius 1 is 1.47 bits per heavy atom. The summed E-state index contributed by atoms with van der Waals surface area (Å²) in [4.78, 5) is 8.27. The van der Waals surface area contributed by atoms with E-state index in [1.807, 2.05) is 6.20 Å². The highest BCUT2D eigenvalue weighted by atomic mass is 32.1. The molecule has 0 saturated carbocycles. The van der Waals surface area contributed by atoms with Crippen LogP contribution in [-0.2, 0) is 6.54 Å². The molecule has 108 valence electrons. The summed E-state index contributed by atoms with van der Waals surface area (Å²) < 4.78 is 0. The van der Waals surface area contributed by atoms with Crippen molar-refractivity contribution in [3.05, 3.63) is 16.1 Å². The molecule has 0 radical (unpaired) electrons. The van der Waals surface area contributed by atoms with E-state index in [2.05, 4.69) is 36.0 Å². The first-order valence-electron chi connectivity index (χ1n) is 7.56. The maximum absolute atomic E-state index is 4.31. The zero-order valence-electron chi connectivity index (χ0n) is 12.5. The molecular weight excluding hydrogens is 254 g/mol. The minimum Gasteiger partial charge on any atom is -0.309 e. The first-order chi connectivity index (χ1) is 9.19. The second-order valence-electron chi connectivity index (χ2n) is 5.69. The summed E-state index contributed by atoms with van der Waals surface area (Å²) in [6.45, 7) is 11.5. The highest BCUT2D eigenvalue weighted by molar-refractivity contribution is 7.11. The number of nitrogens with one attached hydrogen (secondary N) is 1. The van der Waals surface area contributed by atoms with Gasteiger partial charge in [0.25, 0.3) is 0 Å². The molecule has 0 amide bonds. The van der Waals surface area contributed by atoms with E-state index in [0.29, 0.717) is 6.04 Å². The van der Waals surface area contributed by atoms with E-state index >= 15 is 0 Å². The van der Waals surface area contributed by atoms with Gasteiger partial charge in [-0.05, 0) is 58.7 Å². The van der Waals surface area contributed by atoms with Crippen LogP contribution in [0, 0.1) is 12.8 Å². The van der Waals surface area contributed by atoms with Gasteiger partial charge in [-0.2, -0.15) is 0 Å². The molecule has 1 aromatic heterocycles. The van der Waals surface area contributed by atoms with Gasteiger partial charge in [-0.1, -0.05) is 6.92 Å². The maximum atomic E-state index is 4.31. The fourth-order valence-electron chi connectivity index (χ4n) is 2.91. The zero-order valence-corrected chi connectivity index (χ0v) is 13.3. The second kappa shape index (κ2) is 7.36. The topological polar surface area (TPSA) is 28.2 Å². The van der Waals surface area contributed by atoms with Gasteiger partial charge in [-0.3, -0.25) is 0 Å². The van der Waals surface area contributed by atoms with Gasteiger partial charge >= 0.3 is 0 Å². The Balaban J connectivity index is 1.70. The molecule has 1 unspecified atom stereocenters. The van der Waals surface area contributed by atoms with Gasteiger partial charge in [-0.25, -0.2) is 4.98 Å². The van der Waals surface area contributed by atoms with Crippen molar-refractivity contribution in [1.29, 1.82) is 0 Å². The zero-order chi connectivity index (χ0) is 13.7. The van der Waals surface area contributed by atoms with Crippen LogP contribution in [0.1, 0.15) is 43.0 Å². The average molecular weight is 281 g/mol. The Labute approximate surface area is 121 Å². The lowest BCUT2D eigenvalue weighted by atomic mass is 9.90. The summed E-state index contributed by atoms with van der Waals surface area (Å²) in [5.41, 5.74) is 0. The molecular formula is C15H27N3S. The largest absolute Gasteiger partial charge is 0.309 e. The van der Waals surface area contributed by atoms with Crippen LogP contribution in [0.2, 0.25) is 0 Å². The Hall–Kier alpha value is -0.450. The Morgan fingerprint density at radius 3 is 2.79 bits per heavy atom. The van der Waals surface area contributed by atoms with Crippen LogP contribution < -0.4 is 5.32 Å². The monoisotopic (exact) mass is 281 g/mol. The number of aromatic nitrogens is 1. The molecule has 4 heteroatoms. The molecule has 1 fully saturated rings. The van der Waals surface area contributed by atoms with E-state index in [-0.39, 0.29) is 0 Å². The van der Waals surface area contributed by atoms with Crippen LogP contribution in [0.15, 0.2) is 6.20 Å². The first-order valence-corrected chi connectivity index (χ1v) is 8.37. The molecule has 2 rings (SSSR count). The summed E-state index contributed by atoms with van der Waals surface area (Å²) in [6.07, 6.45) is 5.97. The number of rotatable bonds is 6. The van der Waals surface area contributed by atoms with E-state index < -0.39 is 0 Å². The number of likely N-dealkylation sites (tertiary alicyclic amines) is 1. The number of hydrogen-bond donors (Lipinski definition) is 1. The minimum atomic E-state index is 0.617. The van der Waals surface area contributed by atoms with E-state index in [1.54, 1.807) is 11.3 Å². The Morgan fingerprint density at radius 2 is 2.21 bits per heavy atom. The number of nitrogens with zero attached hydrogens (tertiary/aromatic N) is 2. The molecule has 0 bridgehead atoms. The number of aryl methyl sites for hydroxylation is 1. The van der Waals surface area contributed by atoms with Crippen LogP contribution in [0.25, 0.3) is 0 Å². The molecule has 1 aromatic rings. The third-order valence-corrected chi connectivity index (χ3v) is 5.06. The van der Waals surface area contributed by atoms with Crippen molar-refractivity contribution >= 4 is 11.3 Å². The number of hydrogen-bond acceptors (Lipinski definition) is 4. The highest BCUT2D eigenvalue weighted by Crippen LogP contribution is 2.21. The van der Waals surface area contributed by atoms with Gasteiger partial charge in [-0.15, -0.1) is 11.3 Å². The van der Waals surface area contributed by atoms with Crippen molar-refractivity contribution in [2.24, 2.45) is 5.92 Å². The van der Waals surface area contributed by atoms with Gasteiger partial charge in [0.15, 0.2) is 0 Å². The summed E-state index contributed by atoms with van der Waals surface area (Å²) in [5, 5.41) is 4.84. The van der Waals surface area contributed by atoms with Crippen LogP contribution in [-0.4, -0.2) is 35.6 Å². The molecule has 1 atom stereocenters. The quantitative estimate of drug-likeness (QED) is 0.868. The fraction of sp³-hybridized carbons (Fsp3) is 0.800. The van der Waals surface area contributed by atoms with Gasteiger partial charge < -0.3 is 10.2 Å². The average Bonchev–Trinajstić information content (AvgIpc) is 2.83. The summed E-state index contributed by atoms with van der Waals surface area (Å²) >= 11 is 1.80. The van der Waals surface area contributed by atoms with Gasteiger partial charge in [0.2, 0.25) is 0 Å². The Kier molecular flexibility index (Phi) is 5.79. The normalized spacial score (nSPS) is 19.7. The van der Waals surface area contributed by atoms with E-state index in [4.69, 9.17) is 0 Å². The minimum absolute atomic E-state index is 0.617. The van der Waals surface area contributed by atoms with Crippen LogP contribution in [0.5, 0.6) is 0 Å². The van der Waals surface area contributed by atoms with Crippen molar-refractivity contribution in [3.8, 4) is 0 Å². The third-order valence-electron chi connectivity index (χ3n) is 4.15. The van der Waals surface area contributed by atoms with Crippen molar-refractivity contribution < 1.29 is 0 Å². The van der Waals surface area contributed by atoms with E-state index in [1.165, 1.54) is 43.8 Å². The smallest absolute Gasteiger partial charge is 0.0897 e. The second-order valence-corrected chi connectivity index (χ2v) is 7.01. The van der Waals surface area contributed by atoms with Gasteiger partial charge in [0.1, 0.15) is 0 Å². The summed E-state index contributed by atoms with van der Waals surface area (Å²) in [5.74, 6) is 0.835. The van der Waals surface area contributed by atoms with Crippen molar-refractivity contribution in [1.82, 2.24) is 15.2 Å². The van der Waals surface area contributed by atoms with Crippen molar-refractivity contribution in [2.75, 3.05) is 19.6 Å². The summed E-state index contributed by atoms with van der Waals surface area (Å²) in [6, 6.07) is 0.617.